The highest BCUT2D eigenvalue weighted by Crippen LogP contribution is 2.02. The van der Waals surface area contributed by atoms with Crippen LogP contribution in [0.4, 0.5) is 0 Å². The maximum Gasteiger partial charge on any atom is 0.190 e. The number of hydrogen-bond donors (Lipinski definition) is 2. The second-order valence-electron chi connectivity index (χ2n) is 5.40. The molecule has 2 rings (SSSR count). The van der Waals surface area contributed by atoms with Gasteiger partial charge in [-0.25, -0.2) is 0 Å². The van der Waals surface area contributed by atoms with Crippen molar-refractivity contribution in [1.82, 2.24) is 25.2 Å². The molecule has 6 heteroatoms. The van der Waals surface area contributed by atoms with E-state index >= 15 is 0 Å². The topological polar surface area (TPSA) is 66.6 Å². The first-order chi connectivity index (χ1) is 10.2. The van der Waals surface area contributed by atoms with E-state index in [1.165, 1.54) is 0 Å². The molecule has 21 heavy (non-hydrogen) atoms. The molecule has 0 bridgehead atoms. The van der Waals surface area contributed by atoms with E-state index in [2.05, 4.69) is 39.7 Å². The van der Waals surface area contributed by atoms with Crippen LogP contribution in [0.1, 0.15) is 26.1 Å². The Morgan fingerprint density at radius 2 is 2.05 bits per heavy atom. The number of aromatic nitrogens is 3. The molecule has 0 aliphatic carbocycles. The minimum absolute atomic E-state index is 0.693. The zero-order chi connectivity index (χ0) is 15.1. The van der Waals surface area contributed by atoms with Crippen LogP contribution in [0.2, 0.25) is 0 Å². The lowest BCUT2D eigenvalue weighted by atomic mass is 10.1. The first kappa shape index (κ1) is 15.3. The van der Waals surface area contributed by atoms with Crippen molar-refractivity contribution in [2.75, 3.05) is 20.1 Å². The zero-order valence-corrected chi connectivity index (χ0v) is 13.0. The molecular formula is C15H24N6. The van der Waals surface area contributed by atoms with Gasteiger partial charge >= 0.3 is 0 Å². The average Bonchev–Trinajstić information content (AvgIpc) is 2.89. The van der Waals surface area contributed by atoms with Gasteiger partial charge < -0.3 is 10.6 Å². The summed E-state index contributed by atoms with van der Waals surface area (Å²) in [5.74, 6) is 2.48. The van der Waals surface area contributed by atoms with Crippen LogP contribution in [-0.2, 0) is 6.42 Å². The molecule has 0 radical (unpaired) electrons. The molecule has 0 unspecified atom stereocenters. The van der Waals surface area contributed by atoms with Gasteiger partial charge in [-0.2, -0.15) is 0 Å². The summed E-state index contributed by atoms with van der Waals surface area (Å²) in [6.07, 6.45) is 3.92. The van der Waals surface area contributed by atoms with E-state index in [0.29, 0.717) is 5.92 Å². The molecule has 2 aromatic rings. The second-order valence-corrected chi connectivity index (χ2v) is 5.40. The van der Waals surface area contributed by atoms with Gasteiger partial charge in [0.15, 0.2) is 11.6 Å². The molecular weight excluding hydrogens is 264 g/mol. The lowest BCUT2D eigenvalue weighted by Crippen LogP contribution is -2.39. The van der Waals surface area contributed by atoms with Crippen LogP contribution in [0.5, 0.6) is 0 Å². The van der Waals surface area contributed by atoms with Gasteiger partial charge in [0.2, 0.25) is 0 Å². The van der Waals surface area contributed by atoms with Crippen LogP contribution in [0.15, 0.2) is 29.4 Å². The molecule has 0 fully saturated rings. The number of nitrogens with zero attached hydrogens (tertiary/aromatic N) is 4. The van der Waals surface area contributed by atoms with Crippen LogP contribution < -0.4 is 10.6 Å². The third-order valence-electron chi connectivity index (χ3n) is 3.26. The summed E-state index contributed by atoms with van der Waals surface area (Å²) >= 11 is 0. The molecule has 2 heterocycles. The maximum absolute atomic E-state index is 4.22. The number of nitrogens with one attached hydrogen (secondary N) is 2. The molecule has 114 valence electrons. The maximum atomic E-state index is 4.22. The fourth-order valence-electron chi connectivity index (χ4n) is 2.05. The molecule has 0 saturated carbocycles. The van der Waals surface area contributed by atoms with Crippen LogP contribution in [0.3, 0.4) is 0 Å². The van der Waals surface area contributed by atoms with Crippen LogP contribution in [-0.4, -0.2) is 40.7 Å². The summed E-state index contributed by atoms with van der Waals surface area (Å²) in [5, 5.41) is 15.0. The first-order valence-electron chi connectivity index (χ1n) is 7.44. The quantitative estimate of drug-likeness (QED) is 0.624. The third kappa shape index (κ3) is 4.44. The number of guanidine groups is 1. The van der Waals surface area contributed by atoms with Gasteiger partial charge in [0.1, 0.15) is 5.82 Å². The van der Waals surface area contributed by atoms with Gasteiger partial charge in [0.05, 0.1) is 0 Å². The second kappa shape index (κ2) is 7.61. The minimum Gasteiger partial charge on any atom is -0.356 e. The molecule has 0 aliphatic rings. The minimum atomic E-state index is 0.693. The Bertz CT molecular complexity index is 587. The Balaban J connectivity index is 1.80. The number of rotatable bonds is 6. The molecule has 0 saturated heterocycles. The Morgan fingerprint density at radius 3 is 2.81 bits per heavy atom. The molecule has 0 atom stereocenters. The molecule has 0 aliphatic heterocycles. The van der Waals surface area contributed by atoms with Gasteiger partial charge in [0, 0.05) is 32.8 Å². The molecule has 0 aromatic carbocycles. The average molecular weight is 288 g/mol. The van der Waals surface area contributed by atoms with Gasteiger partial charge in [-0.3, -0.25) is 9.39 Å². The highest BCUT2D eigenvalue weighted by Gasteiger charge is 2.04. The van der Waals surface area contributed by atoms with Gasteiger partial charge in [-0.05, 0) is 24.5 Å². The van der Waals surface area contributed by atoms with Crippen molar-refractivity contribution in [1.29, 1.82) is 0 Å². The highest BCUT2D eigenvalue weighted by molar-refractivity contribution is 5.79. The summed E-state index contributed by atoms with van der Waals surface area (Å²) in [6.45, 7) is 6.14. The number of hydrogen-bond acceptors (Lipinski definition) is 3. The SMILES string of the molecule is CN=C(NCCc1nnc2ccccn12)NCCC(C)C. The lowest BCUT2D eigenvalue weighted by molar-refractivity contribution is 0.573. The van der Waals surface area contributed by atoms with E-state index < -0.39 is 0 Å². The van der Waals surface area contributed by atoms with Crippen molar-refractivity contribution < 1.29 is 0 Å². The van der Waals surface area contributed by atoms with Crippen molar-refractivity contribution in [3.8, 4) is 0 Å². The van der Waals surface area contributed by atoms with Crippen LogP contribution in [0, 0.1) is 5.92 Å². The normalized spacial score (nSPS) is 12.1. The monoisotopic (exact) mass is 288 g/mol. The predicted octanol–water partition coefficient (Wildman–Crippen LogP) is 1.48. The zero-order valence-electron chi connectivity index (χ0n) is 13.0. The number of fused-ring (bicyclic) bond motifs is 1. The Labute approximate surface area is 125 Å². The van der Waals surface area contributed by atoms with Crippen molar-refractivity contribution >= 4 is 11.6 Å². The Kier molecular flexibility index (Phi) is 5.54. The largest absolute Gasteiger partial charge is 0.356 e. The Hall–Kier alpha value is -2.11. The smallest absolute Gasteiger partial charge is 0.190 e. The summed E-state index contributed by atoms with van der Waals surface area (Å²) in [7, 11) is 1.79. The van der Waals surface area contributed by atoms with E-state index in [4.69, 9.17) is 0 Å². The molecule has 6 nitrogen and oxygen atoms in total. The third-order valence-corrected chi connectivity index (χ3v) is 3.26. The van der Waals surface area contributed by atoms with E-state index in [1.54, 1.807) is 7.05 Å². The Morgan fingerprint density at radius 1 is 1.24 bits per heavy atom. The fraction of sp³-hybridized carbons (Fsp3) is 0.533. The molecule has 0 amide bonds. The van der Waals surface area contributed by atoms with Crippen molar-refractivity contribution in [3.05, 3.63) is 30.2 Å². The van der Waals surface area contributed by atoms with Gasteiger partial charge in [-0.1, -0.05) is 19.9 Å². The molecule has 0 spiro atoms. The summed E-state index contributed by atoms with van der Waals surface area (Å²) in [5.41, 5.74) is 0.881. The standard InChI is InChI=1S/C15H24N6/c1-12(2)7-9-17-15(16-3)18-10-8-14-20-19-13-6-4-5-11-21(13)14/h4-6,11-12H,7-10H2,1-3H3,(H2,16,17,18). The van der Waals surface area contributed by atoms with Crippen molar-refractivity contribution in [2.45, 2.75) is 26.7 Å². The van der Waals surface area contributed by atoms with E-state index in [0.717, 1.165) is 43.4 Å². The van der Waals surface area contributed by atoms with Gasteiger partial charge in [-0.15, -0.1) is 10.2 Å². The predicted molar refractivity (Wildman–Crippen MR) is 85.5 cm³/mol. The van der Waals surface area contributed by atoms with Crippen LogP contribution in [0.25, 0.3) is 5.65 Å². The summed E-state index contributed by atoms with van der Waals surface area (Å²) < 4.78 is 2.01. The van der Waals surface area contributed by atoms with Crippen molar-refractivity contribution in [2.24, 2.45) is 10.9 Å². The molecule has 2 N–H and O–H groups in total. The molecule has 2 aromatic heterocycles. The van der Waals surface area contributed by atoms with E-state index in [-0.39, 0.29) is 0 Å². The van der Waals surface area contributed by atoms with Gasteiger partial charge in [0.25, 0.3) is 0 Å². The lowest BCUT2D eigenvalue weighted by Gasteiger charge is -2.12. The van der Waals surface area contributed by atoms with Crippen LogP contribution >= 0.6 is 0 Å². The van der Waals surface area contributed by atoms with E-state index in [9.17, 15) is 0 Å². The highest BCUT2D eigenvalue weighted by atomic mass is 15.2. The fourth-order valence-corrected chi connectivity index (χ4v) is 2.05. The number of pyridine rings is 1. The summed E-state index contributed by atoms with van der Waals surface area (Å²) in [6, 6.07) is 5.91. The summed E-state index contributed by atoms with van der Waals surface area (Å²) in [4.78, 5) is 4.22. The van der Waals surface area contributed by atoms with Crippen molar-refractivity contribution in [3.63, 3.8) is 0 Å². The number of aliphatic imine (C=N–C) groups is 1. The first-order valence-corrected chi connectivity index (χ1v) is 7.44. The van der Waals surface area contributed by atoms with E-state index in [1.807, 2.05) is 28.8 Å².